The highest BCUT2D eigenvalue weighted by Gasteiger charge is 2.18. The van der Waals surface area contributed by atoms with Gasteiger partial charge in [-0.3, -0.25) is 9.36 Å². The van der Waals surface area contributed by atoms with E-state index in [1.807, 2.05) is 66.2 Å². The summed E-state index contributed by atoms with van der Waals surface area (Å²) in [4.78, 5) is 14.6. The molecule has 0 unspecified atom stereocenters. The zero-order valence-corrected chi connectivity index (χ0v) is 19.7. The molecule has 4 aromatic rings. The van der Waals surface area contributed by atoms with E-state index in [1.54, 1.807) is 18.3 Å². The number of hydrogen-bond donors (Lipinski definition) is 0. The van der Waals surface area contributed by atoms with Crippen molar-refractivity contribution in [3.63, 3.8) is 0 Å². The number of aryl methyl sites for hydroxylation is 1. The van der Waals surface area contributed by atoms with Crippen LogP contribution in [-0.4, -0.2) is 45.5 Å². The van der Waals surface area contributed by atoms with Gasteiger partial charge in [-0.15, -0.1) is 10.2 Å². The Hall–Kier alpha value is -3.52. The molecule has 4 rings (SSSR count). The average Bonchev–Trinajstić information content (AvgIpc) is 3.49. The van der Waals surface area contributed by atoms with Crippen LogP contribution in [0.2, 0.25) is 0 Å². The molecule has 0 N–H and O–H groups in total. The summed E-state index contributed by atoms with van der Waals surface area (Å²) < 4.78 is 12.8. The molecule has 2 aromatic carbocycles. The number of aromatic nitrogens is 3. The Morgan fingerprint density at radius 3 is 2.58 bits per heavy atom. The molecule has 0 fully saturated rings. The first-order valence-electron chi connectivity index (χ1n) is 10.6. The number of furan rings is 1. The zero-order chi connectivity index (χ0) is 23.2. The number of carbonyl (C=O) groups excluding carboxylic acids is 1. The molecule has 2 heterocycles. The quantitative estimate of drug-likeness (QED) is 0.337. The normalized spacial score (nSPS) is 10.9. The largest absolute Gasteiger partial charge is 0.497 e. The molecule has 170 valence electrons. The highest BCUT2D eigenvalue weighted by molar-refractivity contribution is 7.99. The van der Waals surface area contributed by atoms with E-state index in [-0.39, 0.29) is 11.7 Å². The van der Waals surface area contributed by atoms with Crippen molar-refractivity contribution in [1.29, 1.82) is 0 Å². The maximum absolute atomic E-state index is 12.8. The number of nitrogens with zero attached hydrogens (tertiary/aromatic N) is 4. The molecule has 33 heavy (non-hydrogen) atoms. The van der Waals surface area contributed by atoms with E-state index >= 15 is 0 Å². The number of methoxy groups -OCH3 is 1. The Bertz CT molecular complexity index is 1200. The Morgan fingerprint density at radius 2 is 1.88 bits per heavy atom. The van der Waals surface area contributed by atoms with Gasteiger partial charge in [0.2, 0.25) is 5.91 Å². The molecule has 0 saturated heterocycles. The minimum atomic E-state index is 0.0294. The predicted octanol–water partition coefficient (Wildman–Crippen LogP) is 4.65. The second-order valence-corrected chi connectivity index (χ2v) is 8.61. The molecule has 0 atom stereocenters. The van der Waals surface area contributed by atoms with Gasteiger partial charge in [-0.25, -0.2) is 0 Å². The van der Waals surface area contributed by atoms with Crippen LogP contribution in [0.4, 0.5) is 0 Å². The lowest BCUT2D eigenvalue weighted by Crippen LogP contribution is -2.28. The second kappa shape index (κ2) is 10.4. The summed E-state index contributed by atoms with van der Waals surface area (Å²) in [6, 6.07) is 19.5. The minimum absolute atomic E-state index is 0.0294. The molecule has 0 aliphatic heterocycles. The summed E-state index contributed by atoms with van der Waals surface area (Å²) >= 11 is 1.38. The predicted molar refractivity (Wildman–Crippen MR) is 128 cm³/mol. The van der Waals surface area contributed by atoms with Gasteiger partial charge in [-0.1, -0.05) is 36.0 Å². The number of ether oxygens (including phenoxy) is 1. The van der Waals surface area contributed by atoms with E-state index in [9.17, 15) is 4.79 Å². The average molecular weight is 463 g/mol. The van der Waals surface area contributed by atoms with E-state index in [0.717, 1.165) is 22.6 Å². The highest BCUT2D eigenvalue weighted by atomic mass is 32.2. The molecule has 0 saturated carbocycles. The Kier molecular flexibility index (Phi) is 7.14. The number of hydrogen-bond acceptors (Lipinski definition) is 6. The molecule has 0 aliphatic carbocycles. The van der Waals surface area contributed by atoms with Crippen LogP contribution in [0.15, 0.2) is 76.5 Å². The van der Waals surface area contributed by atoms with Crippen LogP contribution in [0.1, 0.15) is 16.9 Å². The summed E-state index contributed by atoms with van der Waals surface area (Å²) in [5.41, 5.74) is 3.22. The summed E-state index contributed by atoms with van der Waals surface area (Å²) in [6.45, 7) is 3.10. The molecule has 0 spiro atoms. The van der Waals surface area contributed by atoms with Crippen molar-refractivity contribution in [2.45, 2.75) is 25.2 Å². The van der Waals surface area contributed by atoms with Gasteiger partial charge in [0.1, 0.15) is 11.5 Å². The minimum Gasteiger partial charge on any atom is -0.497 e. The van der Waals surface area contributed by atoms with Crippen molar-refractivity contribution in [3.8, 4) is 17.1 Å². The first-order valence-corrected chi connectivity index (χ1v) is 11.5. The van der Waals surface area contributed by atoms with Crippen molar-refractivity contribution in [1.82, 2.24) is 19.7 Å². The van der Waals surface area contributed by atoms with E-state index in [0.29, 0.717) is 24.1 Å². The standard InChI is InChI=1S/C25H26N4O3S/c1-18-7-4-5-8-20(18)15-28(2)23(30)17-33-25-27-26-24(19-10-12-21(31-3)13-11-19)29(25)16-22-9-6-14-32-22/h4-14H,15-17H2,1-3H3. The number of rotatable bonds is 9. The summed E-state index contributed by atoms with van der Waals surface area (Å²) in [7, 11) is 3.46. The molecule has 0 radical (unpaired) electrons. The molecular weight excluding hydrogens is 436 g/mol. The number of amides is 1. The lowest BCUT2D eigenvalue weighted by atomic mass is 10.1. The monoisotopic (exact) mass is 462 g/mol. The van der Waals surface area contributed by atoms with Gasteiger partial charge in [0, 0.05) is 19.2 Å². The van der Waals surface area contributed by atoms with Gasteiger partial charge in [0.15, 0.2) is 11.0 Å². The summed E-state index contributed by atoms with van der Waals surface area (Å²) in [5, 5.41) is 9.45. The second-order valence-electron chi connectivity index (χ2n) is 7.67. The van der Waals surface area contributed by atoms with Crippen molar-refractivity contribution < 1.29 is 13.9 Å². The molecular formula is C25H26N4O3S. The van der Waals surface area contributed by atoms with E-state index in [4.69, 9.17) is 9.15 Å². The Labute approximate surface area is 197 Å². The molecule has 0 bridgehead atoms. The highest BCUT2D eigenvalue weighted by Crippen LogP contribution is 2.27. The lowest BCUT2D eigenvalue weighted by Gasteiger charge is -2.18. The summed E-state index contributed by atoms with van der Waals surface area (Å²) in [6.07, 6.45) is 1.64. The maximum atomic E-state index is 12.8. The van der Waals surface area contributed by atoms with Crippen LogP contribution in [0.3, 0.4) is 0 Å². The smallest absolute Gasteiger partial charge is 0.233 e. The Balaban J connectivity index is 1.51. The SMILES string of the molecule is COc1ccc(-c2nnc(SCC(=O)N(C)Cc3ccccc3C)n2Cc2ccco2)cc1. The fraction of sp³-hybridized carbons (Fsp3) is 0.240. The summed E-state index contributed by atoms with van der Waals surface area (Å²) in [5.74, 6) is 2.56. The number of thioether (sulfide) groups is 1. The maximum Gasteiger partial charge on any atom is 0.233 e. The van der Waals surface area contributed by atoms with Gasteiger partial charge in [0.05, 0.1) is 25.7 Å². The molecule has 1 amide bonds. The fourth-order valence-electron chi connectivity index (χ4n) is 3.42. The van der Waals surface area contributed by atoms with Gasteiger partial charge in [0.25, 0.3) is 0 Å². The van der Waals surface area contributed by atoms with Crippen LogP contribution in [0, 0.1) is 6.92 Å². The van der Waals surface area contributed by atoms with Gasteiger partial charge in [-0.2, -0.15) is 0 Å². The third-order valence-corrected chi connectivity index (χ3v) is 6.33. The number of carbonyl (C=O) groups is 1. The Morgan fingerprint density at radius 1 is 1.09 bits per heavy atom. The first-order chi connectivity index (χ1) is 16.0. The van der Waals surface area contributed by atoms with Crippen molar-refractivity contribution in [2.24, 2.45) is 0 Å². The van der Waals surface area contributed by atoms with E-state index < -0.39 is 0 Å². The van der Waals surface area contributed by atoms with Crippen molar-refractivity contribution in [3.05, 3.63) is 83.8 Å². The van der Waals surface area contributed by atoms with Crippen LogP contribution in [0.5, 0.6) is 5.75 Å². The molecule has 0 aliphatic rings. The zero-order valence-electron chi connectivity index (χ0n) is 18.9. The lowest BCUT2D eigenvalue weighted by molar-refractivity contribution is -0.127. The topological polar surface area (TPSA) is 73.4 Å². The van der Waals surface area contributed by atoms with Gasteiger partial charge >= 0.3 is 0 Å². The van der Waals surface area contributed by atoms with Gasteiger partial charge < -0.3 is 14.1 Å². The number of benzene rings is 2. The van der Waals surface area contributed by atoms with Crippen LogP contribution in [-0.2, 0) is 17.9 Å². The third kappa shape index (κ3) is 5.46. The molecule has 7 nitrogen and oxygen atoms in total. The fourth-order valence-corrected chi connectivity index (χ4v) is 4.30. The van der Waals surface area contributed by atoms with Gasteiger partial charge in [-0.05, 0) is 54.4 Å². The van der Waals surface area contributed by atoms with E-state index in [1.165, 1.54) is 17.3 Å². The first kappa shape index (κ1) is 22.7. The third-order valence-electron chi connectivity index (χ3n) is 5.38. The van der Waals surface area contributed by atoms with Crippen LogP contribution in [0.25, 0.3) is 11.4 Å². The van der Waals surface area contributed by atoms with Crippen molar-refractivity contribution in [2.75, 3.05) is 19.9 Å². The molecule has 8 heteroatoms. The van der Waals surface area contributed by atoms with Crippen LogP contribution < -0.4 is 4.74 Å². The van der Waals surface area contributed by atoms with E-state index in [2.05, 4.69) is 23.2 Å². The van der Waals surface area contributed by atoms with Crippen molar-refractivity contribution >= 4 is 17.7 Å². The molecule has 2 aromatic heterocycles. The van der Waals surface area contributed by atoms with Crippen LogP contribution >= 0.6 is 11.8 Å².